The smallest absolute Gasteiger partial charge is 0.242 e. The number of fused-ring (bicyclic) bond motifs is 1. The van der Waals surface area contributed by atoms with E-state index in [2.05, 4.69) is 9.97 Å². The summed E-state index contributed by atoms with van der Waals surface area (Å²) in [5, 5.41) is 9.73. The maximum atomic E-state index is 8.76. The van der Waals surface area contributed by atoms with Crippen molar-refractivity contribution in [2.75, 3.05) is 5.73 Å². The number of nitrogens with zero attached hydrogens (tertiary/aromatic N) is 3. The molecule has 0 fully saturated rings. The molecule has 0 bridgehead atoms. The van der Waals surface area contributed by atoms with Crippen LogP contribution in [0.4, 0.5) is 5.69 Å². The summed E-state index contributed by atoms with van der Waals surface area (Å²) in [6, 6.07) is 13.1. The van der Waals surface area contributed by atoms with E-state index in [0.717, 1.165) is 10.9 Å². The Kier molecular flexibility index (Phi) is 2.90. The van der Waals surface area contributed by atoms with Gasteiger partial charge >= 0.3 is 0 Å². The molecule has 0 unspecified atom stereocenters. The number of anilines is 1. The SMILES string of the molecule is N#Cc1cnc(Oc2cnc3ccccc3c2)c(N)c1. The van der Waals surface area contributed by atoms with E-state index in [1.807, 2.05) is 36.4 Å². The lowest BCUT2D eigenvalue weighted by molar-refractivity contribution is 0.464. The zero-order valence-corrected chi connectivity index (χ0v) is 10.4. The number of nitrogens with two attached hydrogens (primary N) is 1. The summed E-state index contributed by atoms with van der Waals surface area (Å²) in [5.74, 6) is 0.814. The Balaban J connectivity index is 1.95. The molecular formula is C15H10N4O. The molecule has 0 radical (unpaired) electrons. The third kappa shape index (κ3) is 2.22. The minimum atomic E-state index is 0.265. The number of aromatic nitrogens is 2. The zero-order chi connectivity index (χ0) is 13.9. The van der Waals surface area contributed by atoms with Gasteiger partial charge in [-0.3, -0.25) is 4.98 Å². The fraction of sp³-hybridized carbons (Fsp3) is 0. The van der Waals surface area contributed by atoms with E-state index in [1.54, 1.807) is 6.20 Å². The molecule has 96 valence electrons. The van der Waals surface area contributed by atoms with E-state index < -0.39 is 0 Å². The topological polar surface area (TPSA) is 84.8 Å². The Bertz CT molecular complexity index is 823. The summed E-state index contributed by atoms with van der Waals surface area (Å²) in [4.78, 5) is 8.32. The quantitative estimate of drug-likeness (QED) is 0.767. The number of nitrogen functional groups attached to an aromatic ring is 1. The molecule has 0 amide bonds. The van der Waals surface area contributed by atoms with E-state index in [4.69, 9.17) is 15.7 Å². The van der Waals surface area contributed by atoms with Crippen molar-refractivity contribution in [3.05, 3.63) is 54.4 Å². The van der Waals surface area contributed by atoms with Gasteiger partial charge in [-0.25, -0.2) is 4.98 Å². The minimum absolute atomic E-state index is 0.265. The van der Waals surface area contributed by atoms with Crippen molar-refractivity contribution in [1.29, 1.82) is 5.26 Å². The van der Waals surface area contributed by atoms with Crippen molar-refractivity contribution >= 4 is 16.6 Å². The van der Waals surface area contributed by atoms with Crippen LogP contribution in [0.3, 0.4) is 0 Å². The van der Waals surface area contributed by atoms with Crippen molar-refractivity contribution in [2.24, 2.45) is 0 Å². The number of benzene rings is 1. The van der Waals surface area contributed by atoms with Gasteiger partial charge in [0.2, 0.25) is 5.88 Å². The molecule has 0 aliphatic heterocycles. The lowest BCUT2D eigenvalue weighted by Gasteiger charge is -2.07. The standard InChI is InChI=1S/C15H10N4O/c16-7-10-5-13(17)15(19-8-10)20-12-6-11-3-1-2-4-14(11)18-9-12/h1-6,8-9H,17H2. The molecule has 3 rings (SSSR count). The molecule has 20 heavy (non-hydrogen) atoms. The highest BCUT2D eigenvalue weighted by Gasteiger charge is 2.06. The number of rotatable bonds is 2. The summed E-state index contributed by atoms with van der Waals surface area (Å²) in [5.41, 5.74) is 7.40. The Hall–Kier alpha value is -3.13. The van der Waals surface area contributed by atoms with Gasteiger partial charge in [0.15, 0.2) is 0 Å². The zero-order valence-electron chi connectivity index (χ0n) is 10.4. The normalized spacial score (nSPS) is 10.2. The van der Waals surface area contributed by atoms with E-state index in [1.165, 1.54) is 12.3 Å². The van der Waals surface area contributed by atoms with Gasteiger partial charge in [0.05, 0.1) is 23.0 Å². The molecule has 0 aliphatic rings. The van der Waals surface area contributed by atoms with Crippen LogP contribution in [0.5, 0.6) is 11.6 Å². The van der Waals surface area contributed by atoms with Crippen molar-refractivity contribution < 1.29 is 4.74 Å². The van der Waals surface area contributed by atoms with Gasteiger partial charge in [-0.15, -0.1) is 0 Å². The molecule has 1 aromatic carbocycles. The molecule has 5 heteroatoms. The lowest BCUT2D eigenvalue weighted by atomic mass is 10.2. The number of ether oxygens (including phenoxy) is 1. The Morgan fingerprint density at radius 3 is 2.75 bits per heavy atom. The van der Waals surface area contributed by atoms with Gasteiger partial charge in [-0.05, 0) is 18.2 Å². The number of nitriles is 1. The predicted molar refractivity (Wildman–Crippen MR) is 75.2 cm³/mol. The average molecular weight is 262 g/mol. The van der Waals surface area contributed by atoms with E-state index in [9.17, 15) is 0 Å². The maximum Gasteiger partial charge on any atom is 0.242 e. The first kappa shape index (κ1) is 11.9. The molecule has 2 heterocycles. The third-order valence-corrected chi connectivity index (χ3v) is 2.79. The van der Waals surface area contributed by atoms with E-state index >= 15 is 0 Å². The van der Waals surface area contributed by atoms with Crippen molar-refractivity contribution in [2.45, 2.75) is 0 Å². The van der Waals surface area contributed by atoms with Gasteiger partial charge in [0.1, 0.15) is 11.8 Å². The summed E-state index contributed by atoms with van der Waals surface area (Å²) < 4.78 is 5.61. The third-order valence-electron chi connectivity index (χ3n) is 2.79. The van der Waals surface area contributed by atoms with Gasteiger partial charge in [0.25, 0.3) is 0 Å². The van der Waals surface area contributed by atoms with Crippen LogP contribution in [0.15, 0.2) is 48.8 Å². The van der Waals surface area contributed by atoms with Gasteiger partial charge in [-0.2, -0.15) is 5.26 Å². The van der Waals surface area contributed by atoms with Crippen LogP contribution in [0.2, 0.25) is 0 Å². The van der Waals surface area contributed by atoms with Crippen LogP contribution in [-0.4, -0.2) is 9.97 Å². The van der Waals surface area contributed by atoms with Gasteiger partial charge < -0.3 is 10.5 Å². The highest BCUT2D eigenvalue weighted by atomic mass is 16.5. The van der Waals surface area contributed by atoms with Crippen molar-refractivity contribution in [3.63, 3.8) is 0 Å². The fourth-order valence-corrected chi connectivity index (χ4v) is 1.83. The Labute approximate surface area is 115 Å². The van der Waals surface area contributed by atoms with Crippen LogP contribution >= 0.6 is 0 Å². The molecule has 0 spiro atoms. The first-order valence-electron chi connectivity index (χ1n) is 5.94. The number of hydrogen-bond donors (Lipinski definition) is 1. The second kappa shape index (κ2) is 4.86. The minimum Gasteiger partial charge on any atom is -0.435 e. The Morgan fingerprint density at radius 2 is 1.95 bits per heavy atom. The number of para-hydroxylation sites is 1. The molecule has 5 nitrogen and oxygen atoms in total. The van der Waals surface area contributed by atoms with Crippen LogP contribution in [0, 0.1) is 11.3 Å². The van der Waals surface area contributed by atoms with E-state index in [0.29, 0.717) is 17.0 Å². The summed E-state index contributed by atoms with van der Waals surface area (Å²) in [6.07, 6.45) is 3.03. The van der Waals surface area contributed by atoms with Crippen molar-refractivity contribution in [3.8, 4) is 17.7 Å². The largest absolute Gasteiger partial charge is 0.435 e. The summed E-state index contributed by atoms with van der Waals surface area (Å²) >= 11 is 0. The van der Waals surface area contributed by atoms with Crippen LogP contribution in [-0.2, 0) is 0 Å². The molecule has 2 N–H and O–H groups in total. The lowest BCUT2D eigenvalue weighted by Crippen LogP contribution is -1.96. The molecule has 0 saturated heterocycles. The molecule has 0 aliphatic carbocycles. The second-order valence-corrected chi connectivity index (χ2v) is 4.20. The van der Waals surface area contributed by atoms with Crippen molar-refractivity contribution in [1.82, 2.24) is 9.97 Å². The first-order valence-corrected chi connectivity index (χ1v) is 5.94. The summed E-state index contributed by atoms with van der Waals surface area (Å²) in [7, 11) is 0. The first-order chi connectivity index (χ1) is 9.76. The monoisotopic (exact) mass is 262 g/mol. The molecule has 2 aromatic heterocycles. The van der Waals surface area contributed by atoms with Gasteiger partial charge in [0, 0.05) is 11.6 Å². The molecule has 0 atom stereocenters. The maximum absolute atomic E-state index is 8.76. The Morgan fingerprint density at radius 1 is 1.10 bits per heavy atom. The molecule has 3 aromatic rings. The van der Waals surface area contributed by atoms with Crippen LogP contribution < -0.4 is 10.5 Å². The second-order valence-electron chi connectivity index (χ2n) is 4.20. The number of hydrogen-bond acceptors (Lipinski definition) is 5. The van der Waals surface area contributed by atoms with E-state index in [-0.39, 0.29) is 5.88 Å². The summed E-state index contributed by atoms with van der Waals surface area (Å²) in [6.45, 7) is 0. The average Bonchev–Trinajstić information content (AvgIpc) is 2.49. The molecule has 0 saturated carbocycles. The number of pyridine rings is 2. The highest BCUT2D eigenvalue weighted by molar-refractivity contribution is 5.79. The van der Waals surface area contributed by atoms with Crippen LogP contribution in [0.1, 0.15) is 5.56 Å². The fourth-order valence-electron chi connectivity index (χ4n) is 1.83. The predicted octanol–water partition coefficient (Wildman–Crippen LogP) is 2.88. The van der Waals surface area contributed by atoms with Crippen LogP contribution in [0.25, 0.3) is 10.9 Å². The van der Waals surface area contributed by atoms with Gasteiger partial charge in [-0.1, -0.05) is 18.2 Å². The molecular weight excluding hydrogens is 252 g/mol. The highest BCUT2D eigenvalue weighted by Crippen LogP contribution is 2.26.